The minimum Gasteiger partial charge on any atom is -0.306 e. The molecule has 2 aromatic carbocycles. The van der Waals surface area contributed by atoms with Gasteiger partial charge < -0.3 is 4.98 Å². The average Bonchev–Trinajstić information content (AvgIpc) is 2.88. The largest absolute Gasteiger partial charge is 0.306 e. The summed E-state index contributed by atoms with van der Waals surface area (Å²) in [6.07, 6.45) is 0. The molecular weight excluding hydrogens is 274 g/mol. The number of H-pyrrole nitrogens is 1. The predicted octanol–water partition coefficient (Wildman–Crippen LogP) is 3.60. The molecule has 0 aliphatic rings. The third kappa shape index (κ3) is 3.27. The second-order valence-corrected chi connectivity index (χ2v) is 5.90. The molecule has 0 aliphatic heterocycles. The summed E-state index contributed by atoms with van der Waals surface area (Å²) >= 11 is 0. The van der Waals surface area contributed by atoms with Gasteiger partial charge in [-0.15, -0.1) is 0 Å². The maximum Gasteiger partial charge on any atom is 0.199 e. The molecule has 0 spiro atoms. The minimum absolute atomic E-state index is 0.867. The van der Waals surface area contributed by atoms with E-state index in [1.54, 1.807) is 20.7 Å². The molecule has 5 heteroatoms. The van der Waals surface area contributed by atoms with E-state index in [4.69, 9.17) is 0 Å². The van der Waals surface area contributed by atoms with E-state index in [0.717, 1.165) is 21.0 Å². The standard InChI is InChI=1S/C14H11N3S2/c1-3-7-11(8-4-1)15-13-17-14(19-18-13)16-12-9-5-2-6-10-12/h1-10H,(H,15,16,17). The van der Waals surface area contributed by atoms with E-state index in [1.807, 2.05) is 60.7 Å². The molecule has 0 bridgehead atoms. The van der Waals surface area contributed by atoms with Crippen molar-refractivity contribution in [3.05, 3.63) is 70.3 Å². The molecule has 0 radical (unpaired) electrons. The highest BCUT2D eigenvalue weighted by Gasteiger charge is 1.91. The van der Waals surface area contributed by atoms with Crippen LogP contribution in [0.5, 0.6) is 0 Å². The van der Waals surface area contributed by atoms with Crippen molar-refractivity contribution in [3.63, 3.8) is 0 Å². The van der Waals surface area contributed by atoms with Crippen LogP contribution in [0.3, 0.4) is 0 Å². The van der Waals surface area contributed by atoms with Gasteiger partial charge in [0.2, 0.25) is 0 Å². The van der Waals surface area contributed by atoms with Crippen LogP contribution in [0.15, 0.2) is 70.6 Å². The van der Waals surface area contributed by atoms with E-state index in [1.165, 1.54) is 0 Å². The fourth-order valence-corrected chi connectivity index (χ4v) is 3.28. The van der Waals surface area contributed by atoms with Crippen LogP contribution in [0.2, 0.25) is 0 Å². The molecule has 0 aliphatic carbocycles. The second-order valence-electron chi connectivity index (χ2n) is 3.80. The first-order valence-corrected chi connectivity index (χ1v) is 7.94. The molecule has 3 nitrogen and oxygen atoms in total. The van der Waals surface area contributed by atoms with E-state index in [2.05, 4.69) is 15.0 Å². The molecule has 1 aromatic heterocycles. The quantitative estimate of drug-likeness (QED) is 0.699. The molecular formula is C14H11N3S2. The summed E-state index contributed by atoms with van der Waals surface area (Å²) in [5, 5.41) is 0. The average molecular weight is 285 g/mol. The number of para-hydroxylation sites is 2. The Morgan fingerprint density at radius 2 is 1.05 bits per heavy atom. The molecule has 1 N–H and O–H groups in total. The first-order valence-electron chi connectivity index (χ1n) is 5.79. The zero-order chi connectivity index (χ0) is 12.9. The smallest absolute Gasteiger partial charge is 0.199 e. The number of hydrogen-bond acceptors (Lipinski definition) is 4. The summed E-state index contributed by atoms with van der Waals surface area (Å²) in [6.45, 7) is 0. The SMILES string of the molecule is c1ccc(/N=c2/[nH]/c(=N\c3ccccc3)ss2)cc1. The first-order chi connectivity index (χ1) is 9.40. The molecule has 0 unspecified atom stereocenters. The number of aromatic amines is 1. The van der Waals surface area contributed by atoms with Crippen LogP contribution in [0.4, 0.5) is 11.4 Å². The van der Waals surface area contributed by atoms with Crippen LogP contribution in [0, 0.1) is 0 Å². The van der Waals surface area contributed by atoms with Gasteiger partial charge in [-0.2, -0.15) is 0 Å². The fourth-order valence-electron chi connectivity index (χ4n) is 1.54. The lowest BCUT2D eigenvalue weighted by molar-refractivity contribution is 1.15. The highest BCUT2D eigenvalue weighted by molar-refractivity contribution is 7.67. The highest BCUT2D eigenvalue weighted by atomic mass is 32.9. The van der Waals surface area contributed by atoms with Gasteiger partial charge in [0.1, 0.15) is 0 Å². The second kappa shape index (κ2) is 5.77. The molecule has 0 saturated carbocycles. The Bertz CT molecular complexity index is 701. The fraction of sp³-hybridized carbons (Fsp3) is 0. The summed E-state index contributed by atoms with van der Waals surface area (Å²) in [5.41, 5.74) is 1.89. The lowest BCUT2D eigenvalue weighted by atomic mass is 10.3. The van der Waals surface area contributed by atoms with E-state index >= 15 is 0 Å². The van der Waals surface area contributed by atoms with Crippen molar-refractivity contribution >= 4 is 32.1 Å². The third-order valence-electron chi connectivity index (χ3n) is 2.39. The molecule has 3 rings (SSSR count). The molecule has 3 aromatic rings. The lowest BCUT2D eigenvalue weighted by Gasteiger charge is -1.88. The number of rotatable bonds is 2. The van der Waals surface area contributed by atoms with Gasteiger partial charge in [-0.05, 0) is 44.9 Å². The van der Waals surface area contributed by atoms with Crippen molar-refractivity contribution < 1.29 is 0 Å². The van der Waals surface area contributed by atoms with Crippen molar-refractivity contribution in [2.75, 3.05) is 0 Å². The normalized spacial score (nSPS) is 12.8. The van der Waals surface area contributed by atoms with Crippen LogP contribution in [0.1, 0.15) is 0 Å². The molecule has 0 amide bonds. The summed E-state index contributed by atoms with van der Waals surface area (Å²) < 4.78 is 0. The van der Waals surface area contributed by atoms with Crippen molar-refractivity contribution in [1.82, 2.24) is 4.98 Å². The van der Waals surface area contributed by atoms with Crippen LogP contribution < -0.4 is 9.60 Å². The van der Waals surface area contributed by atoms with Gasteiger partial charge in [-0.1, -0.05) is 36.4 Å². The van der Waals surface area contributed by atoms with Gasteiger partial charge in [-0.3, -0.25) is 0 Å². The van der Waals surface area contributed by atoms with Gasteiger partial charge >= 0.3 is 0 Å². The predicted molar refractivity (Wildman–Crippen MR) is 79.9 cm³/mol. The Labute approximate surface area is 117 Å². The van der Waals surface area contributed by atoms with E-state index in [-0.39, 0.29) is 0 Å². The highest BCUT2D eigenvalue weighted by Crippen LogP contribution is 2.10. The Morgan fingerprint density at radius 1 is 0.632 bits per heavy atom. The molecule has 19 heavy (non-hydrogen) atoms. The molecule has 0 saturated heterocycles. The summed E-state index contributed by atoms with van der Waals surface area (Å²) in [4.78, 5) is 14.0. The van der Waals surface area contributed by atoms with Crippen LogP contribution >= 0.6 is 20.7 Å². The zero-order valence-electron chi connectivity index (χ0n) is 9.98. The zero-order valence-corrected chi connectivity index (χ0v) is 11.6. The van der Waals surface area contributed by atoms with Crippen molar-refractivity contribution in [2.45, 2.75) is 0 Å². The van der Waals surface area contributed by atoms with Gasteiger partial charge in [-0.25, -0.2) is 9.98 Å². The maximum absolute atomic E-state index is 4.52. The van der Waals surface area contributed by atoms with Gasteiger partial charge in [0.05, 0.1) is 11.4 Å². The Morgan fingerprint density at radius 3 is 1.47 bits per heavy atom. The molecule has 0 fully saturated rings. The summed E-state index contributed by atoms with van der Waals surface area (Å²) in [6, 6.07) is 19.8. The number of aromatic nitrogens is 1. The summed E-state index contributed by atoms with van der Waals surface area (Å²) in [5.74, 6) is 0. The number of nitrogens with one attached hydrogen (secondary N) is 1. The Balaban J connectivity index is 1.96. The number of hydrogen-bond donors (Lipinski definition) is 1. The topological polar surface area (TPSA) is 40.5 Å². The van der Waals surface area contributed by atoms with Gasteiger partial charge in [0.15, 0.2) is 9.60 Å². The third-order valence-corrected chi connectivity index (χ3v) is 4.37. The Kier molecular flexibility index (Phi) is 3.67. The first kappa shape index (κ1) is 12.1. The lowest BCUT2D eigenvalue weighted by Crippen LogP contribution is -2.07. The monoisotopic (exact) mass is 285 g/mol. The van der Waals surface area contributed by atoms with Gasteiger partial charge in [0, 0.05) is 0 Å². The molecule has 94 valence electrons. The van der Waals surface area contributed by atoms with E-state index < -0.39 is 0 Å². The number of nitrogens with zero attached hydrogens (tertiary/aromatic N) is 2. The molecule has 1 heterocycles. The minimum atomic E-state index is 0.867. The van der Waals surface area contributed by atoms with Crippen LogP contribution in [-0.2, 0) is 0 Å². The van der Waals surface area contributed by atoms with E-state index in [9.17, 15) is 0 Å². The maximum atomic E-state index is 4.52. The van der Waals surface area contributed by atoms with Crippen molar-refractivity contribution in [1.29, 1.82) is 0 Å². The Hall–Kier alpha value is -1.98. The number of benzene rings is 2. The van der Waals surface area contributed by atoms with E-state index in [0.29, 0.717) is 0 Å². The van der Waals surface area contributed by atoms with Crippen molar-refractivity contribution in [3.8, 4) is 0 Å². The summed E-state index contributed by atoms with van der Waals surface area (Å²) in [7, 11) is 3.18. The molecule has 0 atom stereocenters. The van der Waals surface area contributed by atoms with Crippen molar-refractivity contribution in [2.24, 2.45) is 9.98 Å². The van der Waals surface area contributed by atoms with Gasteiger partial charge in [0.25, 0.3) is 0 Å². The van der Waals surface area contributed by atoms with Crippen LogP contribution in [0.25, 0.3) is 0 Å². The van der Waals surface area contributed by atoms with Crippen LogP contribution in [-0.4, -0.2) is 4.98 Å².